The largest absolute Gasteiger partial charge is 0.354 e. The standard InChI is InChI=1S/C16H26N4O2S2/c1-4-5-6-23-24-9-14-12(2)7-15(22-14)20-11-19-13(8-21)16(20)18-10-17-3/h8,10-12,14-15H,4-7,9H2,1-3H3,(H,17,18)/t12-,14?,15-/m1/s1. The molecule has 0 amide bonds. The highest BCUT2D eigenvalue weighted by Crippen LogP contribution is 2.38. The van der Waals surface area contributed by atoms with Crippen LogP contribution in [0.2, 0.25) is 0 Å². The number of hydrogen-bond donors (Lipinski definition) is 1. The summed E-state index contributed by atoms with van der Waals surface area (Å²) in [5.74, 6) is 3.29. The van der Waals surface area contributed by atoms with Crippen molar-refractivity contribution in [3.05, 3.63) is 12.0 Å². The summed E-state index contributed by atoms with van der Waals surface area (Å²) in [7, 11) is 5.49. The zero-order valence-electron chi connectivity index (χ0n) is 14.5. The van der Waals surface area contributed by atoms with Crippen LogP contribution in [0.4, 0.5) is 5.82 Å². The Labute approximate surface area is 151 Å². The van der Waals surface area contributed by atoms with Crippen LogP contribution < -0.4 is 5.32 Å². The third kappa shape index (κ3) is 5.00. The maximum atomic E-state index is 11.2. The van der Waals surface area contributed by atoms with E-state index in [4.69, 9.17) is 4.74 Å². The summed E-state index contributed by atoms with van der Waals surface area (Å²) in [6, 6.07) is 0. The Bertz CT molecular complexity index is 550. The van der Waals surface area contributed by atoms with Crippen molar-refractivity contribution in [2.75, 3.05) is 23.9 Å². The molecule has 1 aliphatic heterocycles. The fraction of sp³-hybridized carbons (Fsp3) is 0.688. The minimum atomic E-state index is -0.0970. The number of nitrogens with one attached hydrogen (secondary N) is 1. The monoisotopic (exact) mass is 370 g/mol. The molecular weight excluding hydrogens is 344 g/mol. The maximum Gasteiger partial charge on any atom is 0.172 e. The van der Waals surface area contributed by atoms with Crippen molar-refractivity contribution in [1.82, 2.24) is 9.55 Å². The first-order valence-corrected chi connectivity index (χ1v) is 10.8. The van der Waals surface area contributed by atoms with Crippen molar-refractivity contribution < 1.29 is 9.53 Å². The molecule has 2 rings (SSSR count). The Morgan fingerprint density at radius 2 is 2.38 bits per heavy atom. The lowest BCUT2D eigenvalue weighted by Gasteiger charge is -2.17. The van der Waals surface area contributed by atoms with Crippen molar-refractivity contribution in [2.45, 2.75) is 45.4 Å². The average Bonchev–Trinajstić information content (AvgIpc) is 3.15. The smallest absolute Gasteiger partial charge is 0.172 e. The van der Waals surface area contributed by atoms with Crippen molar-refractivity contribution in [2.24, 2.45) is 10.9 Å². The quantitative estimate of drug-likeness (QED) is 0.222. The normalized spacial score (nSPS) is 23.9. The molecule has 1 fully saturated rings. The Morgan fingerprint density at radius 3 is 3.08 bits per heavy atom. The highest BCUT2D eigenvalue weighted by atomic mass is 33.1. The highest BCUT2D eigenvalue weighted by molar-refractivity contribution is 8.76. The van der Waals surface area contributed by atoms with E-state index in [2.05, 4.69) is 29.1 Å². The maximum absolute atomic E-state index is 11.2. The van der Waals surface area contributed by atoms with Crippen LogP contribution in [0.3, 0.4) is 0 Å². The summed E-state index contributed by atoms with van der Waals surface area (Å²) in [5, 5.41) is 3.02. The van der Waals surface area contributed by atoms with Gasteiger partial charge in [0.2, 0.25) is 0 Å². The number of aldehydes is 1. The van der Waals surface area contributed by atoms with Crippen LogP contribution in [0.1, 0.15) is 49.8 Å². The molecule has 8 heteroatoms. The van der Waals surface area contributed by atoms with Gasteiger partial charge in [-0.25, -0.2) is 4.98 Å². The molecule has 0 bridgehead atoms. The van der Waals surface area contributed by atoms with Gasteiger partial charge in [0.05, 0.1) is 18.8 Å². The number of anilines is 1. The first-order valence-electron chi connectivity index (χ1n) is 8.30. The van der Waals surface area contributed by atoms with Crippen molar-refractivity contribution in [3.63, 3.8) is 0 Å². The van der Waals surface area contributed by atoms with E-state index in [9.17, 15) is 4.79 Å². The average molecular weight is 371 g/mol. The second-order valence-corrected chi connectivity index (χ2v) is 8.46. The van der Waals surface area contributed by atoms with Gasteiger partial charge in [0.15, 0.2) is 6.29 Å². The summed E-state index contributed by atoms with van der Waals surface area (Å²) in [6.07, 6.45) is 7.51. The summed E-state index contributed by atoms with van der Waals surface area (Å²) in [5.41, 5.74) is 0.374. The summed E-state index contributed by atoms with van der Waals surface area (Å²) in [6.45, 7) is 4.44. The molecule has 1 N–H and O–H groups in total. The Kier molecular flexibility index (Phi) is 8.14. The highest BCUT2D eigenvalue weighted by Gasteiger charge is 2.34. The molecule has 0 aromatic carbocycles. The number of aliphatic imine (C=N–C) groups is 1. The molecular formula is C16H26N4O2S2. The van der Waals surface area contributed by atoms with Crippen molar-refractivity contribution >= 4 is 40.0 Å². The van der Waals surface area contributed by atoms with E-state index in [0.29, 0.717) is 17.4 Å². The molecule has 1 saturated heterocycles. The summed E-state index contributed by atoms with van der Waals surface area (Å²) in [4.78, 5) is 19.2. The molecule has 2 heterocycles. The Hall–Kier alpha value is -0.990. The van der Waals surface area contributed by atoms with Gasteiger partial charge in [-0.1, -0.05) is 41.9 Å². The van der Waals surface area contributed by atoms with E-state index in [0.717, 1.165) is 18.5 Å². The van der Waals surface area contributed by atoms with Crippen LogP contribution in [0.5, 0.6) is 0 Å². The second kappa shape index (κ2) is 10.1. The van der Waals surface area contributed by atoms with Crippen LogP contribution in [-0.2, 0) is 4.74 Å². The molecule has 0 saturated carbocycles. The molecule has 1 aliphatic rings. The van der Waals surface area contributed by atoms with E-state index in [-0.39, 0.29) is 12.3 Å². The second-order valence-electron chi connectivity index (χ2n) is 5.84. The van der Waals surface area contributed by atoms with Crippen molar-refractivity contribution in [1.29, 1.82) is 0 Å². The minimum Gasteiger partial charge on any atom is -0.354 e. The van der Waals surface area contributed by atoms with Gasteiger partial charge in [-0.2, -0.15) is 0 Å². The third-order valence-electron chi connectivity index (χ3n) is 4.01. The first-order chi connectivity index (χ1) is 11.7. The number of aromatic nitrogens is 2. The lowest BCUT2D eigenvalue weighted by molar-refractivity contribution is 0.00955. The molecule has 24 heavy (non-hydrogen) atoms. The molecule has 134 valence electrons. The predicted octanol–water partition coefficient (Wildman–Crippen LogP) is 3.87. The van der Waals surface area contributed by atoms with E-state index in [1.54, 1.807) is 19.7 Å². The number of nitrogens with zero attached hydrogens (tertiary/aromatic N) is 3. The predicted molar refractivity (Wildman–Crippen MR) is 103 cm³/mol. The fourth-order valence-corrected chi connectivity index (χ4v) is 5.14. The zero-order chi connectivity index (χ0) is 17.4. The van der Waals surface area contributed by atoms with Crippen molar-refractivity contribution in [3.8, 4) is 0 Å². The molecule has 0 aliphatic carbocycles. The lowest BCUT2D eigenvalue weighted by Crippen LogP contribution is -2.17. The zero-order valence-corrected chi connectivity index (χ0v) is 16.1. The topological polar surface area (TPSA) is 68.5 Å². The number of hydrogen-bond acceptors (Lipinski definition) is 6. The molecule has 0 radical (unpaired) electrons. The van der Waals surface area contributed by atoms with Gasteiger partial charge >= 0.3 is 0 Å². The van der Waals surface area contributed by atoms with Gasteiger partial charge in [0, 0.05) is 18.6 Å². The number of ether oxygens (including phenoxy) is 1. The SMILES string of the molecule is CCCCSSCC1O[C@@H](n2cnc(C=O)c2NC=NC)C[C@H]1C. The van der Waals surface area contributed by atoms with Gasteiger partial charge in [-0.05, 0) is 18.8 Å². The summed E-state index contributed by atoms with van der Waals surface area (Å²) < 4.78 is 8.13. The fourth-order valence-electron chi connectivity index (χ4n) is 2.58. The van der Waals surface area contributed by atoms with Gasteiger partial charge < -0.3 is 10.1 Å². The number of rotatable bonds is 10. The molecule has 1 aromatic rings. The van der Waals surface area contributed by atoms with Gasteiger partial charge in [0.1, 0.15) is 17.7 Å². The van der Waals surface area contributed by atoms with Gasteiger partial charge in [0.25, 0.3) is 0 Å². The number of imidazole rings is 1. The van der Waals surface area contributed by atoms with E-state index < -0.39 is 0 Å². The van der Waals surface area contributed by atoms with Crippen LogP contribution in [-0.4, -0.2) is 46.8 Å². The van der Waals surface area contributed by atoms with Gasteiger partial charge in [-0.3, -0.25) is 14.4 Å². The summed E-state index contributed by atoms with van der Waals surface area (Å²) >= 11 is 0. The first kappa shape index (κ1) is 19.3. The Morgan fingerprint density at radius 1 is 1.54 bits per heavy atom. The third-order valence-corrected chi connectivity index (χ3v) is 6.51. The van der Waals surface area contributed by atoms with Crippen LogP contribution >= 0.6 is 21.6 Å². The number of unbranched alkanes of at least 4 members (excludes halogenated alkanes) is 1. The molecule has 1 aromatic heterocycles. The minimum absolute atomic E-state index is 0.0970. The van der Waals surface area contributed by atoms with E-state index >= 15 is 0 Å². The molecule has 1 unspecified atom stereocenters. The van der Waals surface area contributed by atoms with E-state index in [1.807, 2.05) is 26.2 Å². The van der Waals surface area contributed by atoms with Crippen LogP contribution in [0, 0.1) is 5.92 Å². The molecule has 3 atom stereocenters. The lowest BCUT2D eigenvalue weighted by atomic mass is 10.1. The number of carbonyl (C=O) groups excluding carboxylic acids is 1. The number of carbonyl (C=O) groups is 1. The molecule has 6 nitrogen and oxygen atoms in total. The van der Waals surface area contributed by atoms with Crippen LogP contribution in [0.25, 0.3) is 0 Å². The van der Waals surface area contributed by atoms with Crippen LogP contribution in [0.15, 0.2) is 11.3 Å². The Balaban J connectivity index is 1.96. The van der Waals surface area contributed by atoms with Gasteiger partial charge in [-0.15, -0.1) is 0 Å². The van der Waals surface area contributed by atoms with E-state index in [1.165, 1.54) is 18.6 Å². The molecule has 0 spiro atoms.